The minimum Gasteiger partial charge on any atom is -0.261 e. The van der Waals surface area contributed by atoms with Crippen molar-refractivity contribution in [1.29, 1.82) is 0 Å². The molecular weight excluding hydrogens is 134 g/mol. The smallest absolute Gasteiger partial charge is 0.0472 e. The molecule has 0 spiro atoms. The number of hydrogen-bond donors (Lipinski definition) is 0. The van der Waals surface area contributed by atoms with Crippen molar-refractivity contribution in [3.63, 3.8) is 0 Å². The Morgan fingerprint density at radius 2 is 2.36 bits per heavy atom. The molecular formula is C10H11N. The molecule has 0 bridgehead atoms. The third-order valence-electron chi connectivity index (χ3n) is 2.08. The van der Waals surface area contributed by atoms with Gasteiger partial charge in [0.2, 0.25) is 0 Å². The van der Waals surface area contributed by atoms with Gasteiger partial charge in [-0.15, -0.1) is 0 Å². The van der Waals surface area contributed by atoms with Gasteiger partial charge in [0.25, 0.3) is 0 Å². The zero-order valence-electron chi connectivity index (χ0n) is 6.40. The van der Waals surface area contributed by atoms with Crippen LogP contribution in [0.2, 0.25) is 0 Å². The summed E-state index contributed by atoms with van der Waals surface area (Å²) in [5, 5.41) is 0. The molecule has 1 aliphatic rings. The van der Waals surface area contributed by atoms with Crippen LogP contribution in [0.4, 0.5) is 0 Å². The lowest BCUT2D eigenvalue weighted by molar-refractivity contribution is 0.773. The Kier molecular flexibility index (Phi) is 1.72. The molecule has 0 amide bonds. The van der Waals surface area contributed by atoms with E-state index in [4.69, 9.17) is 0 Å². The Labute approximate surface area is 66.8 Å². The van der Waals surface area contributed by atoms with E-state index in [1.54, 1.807) is 0 Å². The van der Waals surface area contributed by atoms with Crippen molar-refractivity contribution in [1.82, 2.24) is 4.98 Å². The van der Waals surface area contributed by atoms with Gasteiger partial charge in [-0.3, -0.25) is 4.98 Å². The van der Waals surface area contributed by atoms with Gasteiger partial charge in [0.05, 0.1) is 0 Å². The summed E-state index contributed by atoms with van der Waals surface area (Å²) in [6.07, 6.45) is 8.79. The highest BCUT2D eigenvalue weighted by Crippen LogP contribution is 2.25. The molecule has 0 fully saturated rings. The highest BCUT2D eigenvalue weighted by molar-refractivity contribution is 5.18. The minimum atomic E-state index is 0.580. The van der Waals surface area contributed by atoms with Gasteiger partial charge < -0.3 is 0 Å². The Balaban J connectivity index is 2.23. The first kappa shape index (κ1) is 6.59. The molecule has 1 atom stereocenters. The highest BCUT2D eigenvalue weighted by Gasteiger charge is 2.11. The quantitative estimate of drug-likeness (QED) is 0.553. The normalized spacial score (nSPS) is 22.4. The van der Waals surface area contributed by atoms with Crippen LogP contribution in [0.15, 0.2) is 36.5 Å². The SMILES string of the molecule is C1=CC(c2ccccn2)CC1. The van der Waals surface area contributed by atoms with Gasteiger partial charge in [-0.05, 0) is 25.0 Å². The summed E-state index contributed by atoms with van der Waals surface area (Å²) >= 11 is 0. The summed E-state index contributed by atoms with van der Waals surface area (Å²) in [5.41, 5.74) is 1.21. The van der Waals surface area contributed by atoms with Crippen LogP contribution in [0.5, 0.6) is 0 Å². The zero-order valence-corrected chi connectivity index (χ0v) is 6.40. The van der Waals surface area contributed by atoms with Gasteiger partial charge in [-0.2, -0.15) is 0 Å². The molecule has 0 aromatic carbocycles. The molecule has 56 valence electrons. The van der Waals surface area contributed by atoms with Crippen molar-refractivity contribution < 1.29 is 0 Å². The molecule has 1 unspecified atom stereocenters. The number of nitrogens with zero attached hydrogens (tertiary/aromatic N) is 1. The molecule has 0 aliphatic heterocycles. The van der Waals surface area contributed by atoms with Crippen LogP contribution < -0.4 is 0 Å². The lowest BCUT2D eigenvalue weighted by atomic mass is 10.1. The topological polar surface area (TPSA) is 12.9 Å². The summed E-state index contributed by atoms with van der Waals surface area (Å²) in [4.78, 5) is 4.31. The second-order valence-electron chi connectivity index (χ2n) is 2.87. The van der Waals surface area contributed by atoms with Gasteiger partial charge in [0.15, 0.2) is 0 Å². The zero-order chi connectivity index (χ0) is 7.52. The van der Waals surface area contributed by atoms with Crippen molar-refractivity contribution in [2.45, 2.75) is 18.8 Å². The second kappa shape index (κ2) is 2.87. The van der Waals surface area contributed by atoms with E-state index >= 15 is 0 Å². The molecule has 0 N–H and O–H groups in total. The van der Waals surface area contributed by atoms with Crippen LogP contribution in [-0.4, -0.2) is 4.98 Å². The van der Waals surface area contributed by atoms with Gasteiger partial charge in [0.1, 0.15) is 0 Å². The van der Waals surface area contributed by atoms with Crippen LogP contribution >= 0.6 is 0 Å². The number of allylic oxidation sites excluding steroid dienone is 2. The first-order valence-electron chi connectivity index (χ1n) is 4.04. The predicted molar refractivity (Wildman–Crippen MR) is 45.4 cm³/mol. The molecule has 11 heavy (non-hydrogen) atoms. The van der Waals surface area contributed by atoms with Crippen LogP contribution in [0.3, 0.4) is 0 Å². The number of aromatic nitrogens is 1. The van der Waals surface area contributed by atoms with E-state index in [1.165, 1.54) is 18.5 Å². The maximum Gasteiger partial charge on any atom is 0.0472 e. The maximum absolute atomic E-state index is 4.31. The Hall–Kier alpha value is -1.11. The van der Waals surface area contributed by atoms with E-state index in [0.717, 1.165) is 0 Å². The van der Waals surface area contributed by atoms with E-state index in [-0.39, 0.29) is 0 Å². The molecule has 1 aromatic rings. The average Bonchev–Trinajstić information content (AvgIpc) is 2.58. The van der Waals surface area contributed by atoms with E-state index in [0.29, 0.717) is 5.92 Å². The van der Waals surface area contributed by atoms with Crippen molar-refractivity contribution in [3.8, 4) is 0 Å². The summed E-state index contributed by atoms with van der Waals surface area (Å²) < 4.78 is 0. The van der Waals surface area contributed by atoms with Crippen LogP contribution in [0, 0.1) is 0 Å². The van der Waals surface area contributed by atoms with E-state index in [1.807, 2.05) is 12.3 Å². The minimum absolute atomic E-state index is 0.580. The fourth-order valence-corrected chi connectivity index (χ4v) is 1.47. The maximum atomic E-state index is 4.31. The molecule has 2 rings (SSSR count). The number of hydrogen-bond acceptors (Lipinski definition) is 1. The Morgan fingerprint density at radius 1 is 1.36 bits per heavy atom. The van der Waals surface area contributed by atoms with Crippen molar-refractivity contribution >= 4 is 0 Å². The van der Waals surface area contributed by atoms with Crippen molar-refractivity contribution in [3.05, 3.63) is 42.2 Å². The Bertz CT molecular complexity index is 251. The fourth-order valence-electron chi connectivity index (χ4n) is 1.47. The van der Waals surface area contributed by atoms with E-state index < -0.39 is 0 Å². The fraction of sp³-hybridized carbons (Fsp3) is 0.300. The largest absolute Gasteiger partial charge is 0.261 e. The standard InChI is InChI=1S/C10H11N/c1-2-6-9(5-1)10-7-3-4-8-11-10/h1,3-5,7-9H,2,6H2. The second-order valence-corrected chi connectivity index (χ2v) is 2.87. The predicted octanol–water partition coefficient (Wildman–Crippen LogP) is 2.52. The molecule has 0 saturated carbocycles. The number of pyridine rings is 1. The molecule has 1 heteroatoms. The first-order chi connectivity index (χ1) is 5.47. The molecule has 1 heterocycles. The van der Waals surface area contributed by atoms with Crippen molar-refractivity contribution in [2.24, 2.45) is 0 Å². The molecule has 1 aromatic heterocycles. The molecule has 1 aliphatic carbocycles. The monoisotopic (exact) mass is 145 g/mol. The molecule has 0 saturated heterocycles. The van der Waals surface area contributed by atoms with Crippen molar-refractivity contribution in [2.75, 3.05) is 0 Å². The summed E-state index contributed by atoms with van der Waals surface area (Å²) in [6.45, 7) is 0. The highest BCUT2D eigenvalue weighted by atomic mass is 14.7. The van der Waals surface area contributed by atoms with Gasteiger partial charge in [-0.1, -0.05) is 18.2 Å². The number of rotatable bonds is 1. The van der Waals surface area contributed by atoms with Gasteiger partial charge in [0, 0.05) is 17.8 Å². The summed E-state index contributed by atoms with van der Waals surface area (Å²) in [7, 11) is 0. The van der Waals surface area contributed by atoms with Crippen LogP contribution in [0.1, 0.15) is 24.5 Å². The van der Waals surface area contributed by atoms with Gasteiger partial charge >= 0.3 is 0 Å². The van der Waals surface area contributed by atoms with E-state index in [2.05, 4.69) is 29.3 Å². The summed E-state index contributed by atoms with van der Waals surface area (Å²) in [6, 6.07) is 6.11. The van der Waals surface area contributed by atoms with Crippen LogP contribution in [-0.2, 0) is 0 Å². The Morgan fingerprint density at radius 3 is 3.00 bits per heavy atom. The van der Waals surface area contributed by atoms with Crippen LogP contribution in [0.25, 0.3) is 0 Å². The molecule has 0 radical (unpaired) electrons. The van der Waals surface area contributed by atoms with E-state index in [9.17, 15) is 0 Å². The third kappa shape index (κ3) is 1.32. The lowest BCUT2D eigenvalue weighted by Crippen LogP contribution is -1.93. The first-order valence-corrected chi connectivity index (χ1v) is 4.04. The molecule has 1 nitrogen and oxygen atoms in total. The third-order valence-corrected chi connectivity index (χ3v) is 2.08. The average molecular weight is 145 g/mol. The van der Waals surface area contributed by atoms with Gasteiger partial charge in [-0.25, -0.2) is 0 Å². The lowest BCUT2D eigenvalue weighted by Gasteiger charge is -2.04. The summed E-state index contributed by atoms with van der Waals surface area (Å²) in [5.74, 6) is 0.580.